The van der Waals surface area contributed by atoms with Crippen molar-refractivity contribution in [1.82, 2.24) is 4.90 Å². The lowest BCUT2D eigenvalue weighted by Gasteiger charge is -2.13. The highest BCUT2D eigenvalue weighted by Gasteiger charge is 2.34. The zero-order valence-electron chi connectivity index (χ0n) is 10.1. The number of nitro groups is 1. The molecule has 19 heavy (non-hydrogen) atoms. The monoisotopic (exact) mass is 288 g/mol. The van der Waals surface area contributed by atoms with Crippen molar-refractivity contribution in [3.8, 4) is 0 Å². The fourth-order valence-electron chi connectivity index (χ4n) is 1.96. The molecule has 0 aromatic carbocycles. The first-order valence-electron chi connectivity index (χ1n) is 5.51. The Morgan fingerprint density at radius 2 is 2.21 bits per heavy atom. The number of sulfone groups is 1. The van der Waals surface area contributed by atoms with Crippen molar-refractivity contribution < 1.29 is 22.6 Å². The lowest BCUT2D eigenvalue weighted by Crippen LogP contribution is -2.31. The number of rotatable bonds is 3. The molecule has 104 valence electrons. The van der Waals surface area contributed by atoms with E-state index in [9.17, 15) is 23.3 Å². The molecule has 8 nitrogen and oxygen atoms in total. The maximum Gasteiger partial charge on any atom is 0.433 e. The third-order valence-corrected chi connectivity index (χ3v) is 4.62. The summed E-state index contributed by atoms with van der Waals surface area (Å²) in [4.78, 5) is 23.0. The fraction of sp³-hybridized carbons (Fsp3) is 0.500. The van der Waals surface area contributed by atoms with E-state index in [0.29, 0.717) is 13.0 Å². The Hall–Kier alpha value is -1.90. The lowest BCUT2D eigenvalue weighted by molar-refractivity contribution is -0.402. The summed E-state index contributed by atoms with van der Waals surface area (Å²) in [6.07, 6.45) is 1.50. The third-order valence-electron chi connectivity index (χ3n) is 3.02. The number of nitrogens with zero attached hydrogens (tertiary/aromatic N) is 2. The van der Waals surface area contributed by atoms with Crippen LogP contribution < -0.4 is 0 Å². The van der Waals surface area contributed by atoms with Gasteiger partial charge < -0.3 is 9.32 Å². The standard InChI is InChI=1S/C10H12N2O6S/c1-19(16,17)7-4-5-11(6-7)10(13)8-2-3-9(18-8)12(14)15/h2-3,7H,4-6H2,1H3. The molecule has 1 fully saturated rings. The number of hydrogen-bond acceptors (Lipinski definition) is 6. The topological polar surface area (TPSA) is 111 Å². The molecule has 1 amide bonds. The first-order chi connectivity index (χ1) is 8.79. The molecular weight excluding hydrogens is 276 g/mol. The van der Waals surface area contributed by atoms with Gasteiger partial charge in [-0.1, -0.05) is 0 Å². The quantitative estimate of drug-likeness (QED) is 0.589. The molecule has 1 aliphatic heterocycles. The second-order valence-electron chi connectivity index (χ2n) is 4.39. The Morgan fingerprint density at radius 1 is 1.53 bits per heavy atom. The summed E-state index contributed by atoms with van der Waals surface area (Å²) in [5, 5.41) is 9.87. The van der Waals surface area contributed by atoms with Crippen molar-refractivity contribution in [3.63, 3.8) is 0 Å². The lowest BCUT2D eigenvalue weighted by atomic mass is 10.4. The zero-order valence-corrected chi connectivity index (χ0v) is 10.9. The highest BCUT2D eigenvalue weighted by atomic mass is 32.2. The zero-order chi connectivity index (χ0) is 14.2. The minimum atomic E-state index is -3.19. The molecule has 1 atom stereocenters. The van der Waals surface area contributed by atoms with Gasteiger partial charge in [0.2, 0.25) is 0 Å². The predicted octanol–water partition coefficient (Wildman–Crippen LogP) is 0.447. The van der Waals surface area contributed by atoms with E-state index in [1.807, 2.05) is 0 Å². The Kier molecular flexibility index (Phi) is 3.31. The number of carbonyl (C=O) groups is 1. The molecule has 0 radical (unpaired) electrons. The molecule has 0 spiro atoms. The Labute approximate surface area is 109 Å². The van der Waals surface area contributed by atoms with Gasteiger partial charge in [0, 0.05) is 19.3 Å². The largest absolute Gasteiger partial charge is 0.433 e. The van der Waals surface area contributed by atoms with E-state index in [1.165, 1.54) is 11.0 Å². The van der Waals surface area contributed by atoms with Gasteiger partial charge in [-0.15, -0.1) is 0 Å². The molecular formula is C10H12N2O6S. The highest BCUT2D eigenvalue weighted by molar-refractivity contribution is 7.91. The molecule has 1 aliphatic rings. The third kappa shape index (κ3) is 2.75. The van der Waals surface area contributed by atoms with Crippen LogP contribution in [0, 0.1) is 10.1 Å². The van der Waals surface area contributed by atoms with Crippen LogP contribution in [0.2, 0.25) is 0 Å². The molecule has 2 rings (SSSR count). The van der Waals surface area contributed by atoms with Crippen LogP contribution in [0.25, 0.3) is 0 Å². The predicted molar refractivity (Wildman–Crippen MR) is 64.5 cm³/mol. The van der Waals surface area contributed by atoms with Gasteiger partial charge in [0.15, 0.2) is 15.6 Å². The van der Waals surface area contributed by atoms with E-state index < -0.39 is 31.8 Å². The highest BCUT2D eigenvalue weighted by Crippen LogP contribution is 2.21. The second kappa shape index (κ2) is 4.65. The van der Waals surface area contributed by atoms with E-state index >= 15 is 0 Å². The van der Waals surface area contributed by atoms with Gasteiger partial charge >= 0.3 is 5.88 Å². The summed E-state index contributed by atoms with van der Waals surface area (Å²) in [7, 11) is -3.19. The number of hydrogen-bond donors (Lipinski definition) is 0. The summed E-state index contributed by atoms with van der Waals surface area (Å²) in [5.74, 6) is -1.19. The average molecular weight is 288 g/mol. The van der Waals surface area contributed by atoms with Crippen molar-refractivity contribution in [2.24, 2.45) is 0 Å². The van der Waals surface area contributed by atoms with E-state index in [2.05, 4.69) is 0 Å². The second-order valence-corrected chi connectivity index (χ2v) is 6.71. The smallest absolute Gasteiger partial charge is 0.395 e. The summed E-state index contributed by atoms with van der Waals surface area (Å²) in [5.41, 5.74) is 0. The summed E-state index contributed by atoms with van der Waals surface area (Å²) in [6.45, 7) is 0.386. The Morgan fingerprint density at radius 3 is 2.68 bits per heavy atom. The van der Waals surface area contributed by atoms with Crippen LogP contribution in [0.1, 0.15) is 17.0 Å². The van der Waals surface area contributed by atoms with Gasteiger partial charge in [0.25, 0.3) is 5.91 Å². The molecule has 1 aromatic heterocycles. The minimum Gasteiger partial charge on any atom is -0.395 e. The van der Waals surface area contributed by atoms with Gasteiger partial charge in [-0.05, 0) is 12.5 Å². The molecule has 0 N–H and O–H groups in total. The first-order valence-corrected chi connectivity index (χ1v) is 7.47. The molecule has 9 heteroatoms. The first kappa shape index (κ1) is 13.5. The van der Waals surface area contributed by atoms with Crippen molar-refractivity contribution in [2.75, 3.05) is 19.3 Å². The van der Waals surface area contributed by atoms with E-state index in [1.54, 1.807) is 0 Å². The van der Waals surface area contributed by atoms with E-state index in [-0.39, 0.29) is 12.3 Å². The average Bonchev–Trinajstić information content (AvgIpc) is 2.97. The van der Waals surface area contributed by atoms with Gasteiger partial charge in [-0.2, -0.15) is 0 Å². The van der Waals surface area contributed by atoms with Crippen LogP contribution >= 0.6 is 0 Å². The van der Waals surface area contributed by atoms with Gasteiger partial charge in [-0.25, -0.2) is 8.42 Å². The SMILES string of the molecule is CS(=O)(=O)C1CCN(C(=O)c2ccc([N+](=O)[O-])o2)C1. The maximum atomic E-state index is 12.0. The van der Waals surface area contributed by atoms with Crippen LogP contribution in [0.4, 0.5) is 5.88 Å². The van der Waals surface area contributed by atoms with Crippen molar-refractivity contribution in [2.45, 2.75) is 11.7 Å². The molecule has 1 aromatic rings. The van der Waals surface area contributed by atoms with Crippen LogP contribution in [-0.4, -0.2) is 48.7 Å². The van der Waals surface area contributed by atoms with Gasteiger partial charge in [0.05, 0.1) is 11.3 Å². The normalized spacial score (nSPS) is 19.6. The molecule has 0 saturated carbocycles. The number of amides is 1. The molecule has 1 saturated heterocycles. The molecule has 0 bridgehead atoms. The summed E-state index contributed by atoms with van der Waals surface area (Å²) >= 11 is 0. The number of carbonyl (C=O) groups excluding carboxylic acids is 1. The van der Waals surface area contributed by atoms with Crippen molar-refractivity contribution in [1.29, 1.82) is 0 Å². The summed E-state index contributed by atoms with van der Waals surface area (Å²) < 4.78 is 27.6. The fourth-order valence-corrected chi connectivity index (χ4v) is 2.94. The Balaban J connectivity index is 2.11. The van der Waals surface area contributed by atoms with Crippen molar-refractivity contribution >= 4 is 21.6 Å². The van der Waals surface area contributed by atoms with Gasteiger partial charge in [-0.3, -0.25) is 14.9 Å². The molecule has 0 aliphatic carbocycles. The van der Waals surface area contributed by atoms with Crippen LogP contribution in [0.5, 0.6) is 0 Å². The maximum absolute atomic E-state index is 12.0. The van der Waals surface area contributed by atoms with Crippen LogP contribution in [-0.2, 0) is 9.84 Å². The summed E-state index contributed by atoms with van der Waals surface area (Å²) in [6, 6.07) is 2.31. The van der Waals surface area contributed by atoms with E-state index in [4.69, 9.17) is 4.42 Å². The number of furan rings is 1. The van der Waals surface area contributed by atoms with E-state index in [0.717, 1.165) is 12.3 Å². The van der Waals surface area contributed by atoms with Crippen molar-refractivity contribution in [3.05, 3.63) is 28.0 Å². The molecule has 1 unspecified atom stereocenters. The minimum absolute atomic E-state index is 0.0894. The Bertz CT molecular complexity index is 620. The van der Waals surface area contributed by atoms with Gasteiger partial charge in [0.1, 0.15) is 4.92 Å². The van der Waals surface area contributed by atoms with Crippen LogP contribution in [0.15, 0.2) is 16.5 Å². The van der Waals surface area contributed by atoms with Crippen LogP contribution in [0.3, 0.4) is 0 Å². The number of likely N-dealkylation sites (tertiary alicyclic amines) is 1. The molecule has 2 heterocycles.